The van der Waals surface area contributed by atoms with Crippen molar-refractivity contribution in [2.24, 2.45) is 0 Å². The molecule has 0 aliphatic heterocycles. The standard InChI is InChI=1S/C12H17ClO3/c1-3-14-12(15-4-2)11(13)16-10-8-6-5-7-9-10/h5-9,11-12H,3-4H2,1-2H3. The summed E-state index contributed by atoms with van der Waals surface area (Å²) in [6, 6.07) is 9.36. The summed E-state index contributed by atoms with van der Waals surface area (Å²) >= 11 is 6.07. The summed E-state index contributed by atoms with van der Waals surface area (Å²) in [5.74, 6) is 0.701. The number of benzene rings is 1. The van der Waals surface area contributed by atoms with Crippen LogP contribution >= 0.6 is 11.6 Å². The largest absolute Gasteiger partial charge is 0.469 e. The molecular formula is C12H17ClO3. The van der Waals surface area contributed by atoms with E-state index in [9.17, 15) is 0 Å². The fourth-order valence-electron chi connectivity index (χ4n) is 1.21. The topological polar surface area (TPSA) is 27.7 Å². The van der Waals surface area contributed by atoms with E-state index < -0.39 is 11.9 Å². The second-order valence-electron chi connectivity index (χ2n) is 3.06. The number of hydrogen-bond donors (Lipinski definition) is 0. The molecular weight excluding hydrogens is 228 g/mol. The van der Waals surface area contributed by atoms with E-state index in [2.05, 4.69) is 0 Å². The second kappa shape index (κ2) is 7.49. The van der Waals surface area contributed by atoms with Gasteiger partial charge in [-0.1, -0.05) is 29.8 Å². The molecule has 0 saturated carbocycles. The van der Waals surface area contributed by atoms with Crippen LogP contribution in [0.5, 0.6) is 5.75 Å². The molecule has 0 aliphatic rings. The van der Waals surface area contributed by atoms with Gasteiger partial charge >= 0.3 is 0 Å². The van der Waals surface area contributed by atoms with E-state index in [0.717, 1.165) is 0 Å². The zero-order valence-electron chi connectivity index (χ0n) is 9.56. The molecule has 3 nitrogen and oxygen atoms in total. The number of halogens is 1. The maximum absolute atomic E-state index is 6.07. The van der Waals surface area contributed by atoms with Gasteiger partial charge in [0.15, 0.2) is 0 Å². The average Bonchev–Trinajstić information content (AvgIpc) is 2.30. The minimum atomic E-state index is -0.651. The van der Waals surface area contributed by atoms with Gasteiger partial charge in [-0.2, -0.15) is 0 Å². The van der Waals surface area contributed by atoms with Crippen LogP contribution < -0.4 is 4.74 Å². The normalized spacial score (nSPS) is 12.8. The summed E-state index contributed by atoms with van der Waals surface area (Å²) < 4.78 is 16.2. The maximum atomic E-state index is 6.07. The van der Waals surface area contributed by atoms with E-state index in [0.29, 0.717) is 19.0 Å². The molecule has 1 atom stereocenters. The zero-order chi connectivity index (χ0) is 11.8. The summed E-state index contributed by atoms with van der Waals surface area (Å²) in [6.07, 6.45) is -0.545. The third kappa shape index (κ3) is 4.39. The Balaban J connectivity index is 2.51. The first-order valence-electron chi connectivity index (χ1n) is 5.37. The first-order chi connectivity index (χ1) is 7.77. The molecule has 0 saturated heterocycles. The predicted molar refractivity (Wildman–Crippen MR) is 63.8 cm³/mol. The van der Waals surface area contributed by atoms with Crippen LogP contribution in [0.3, 0.4) is 0 Å². The number of hydrogen-bond acceptors (Lipinski definition) is 3. The van der Waals surface area contributed by atoms with Gasteiger partial charge in [0.1, 0.15) is 5.75 Å². The quantitative estimate of drug-likeness (QED) is 0.545. The lowest BCUT2D eigenvalue weighted by Gasteiger charge is -2.22. The van der Waals surface area contributed by atoms with Crippen molar-refractivity contribution in [2.45, 2.75) is 25.7 Å². The second-order valence-corrected chi connectivity index (χ2v) is 3.49. The Kier molecular flexibility index (Phi) is 6.23. The smallest absolute Gasteiger partial charge is 0.222 e. The fraction of sp³-hybridized carbons (Fsp3) is 0.500. The lowest BCUT2D eigenvalue weighted by atomic mass is 10.3. The van der Waals surface area contributed by atoms with Crippen molar-refractivity contribution in [3.63, 3.8) is 0 Å². The molecule has 4 heteroatoms. The summed E-state index contributed by atoms with van der Waals surface area (Å²) in [4.78, 5) is 0. The van der Waals surface area contributed by atoms with Crippen LogP contribution in [0.15, 0.2) is 30.3 Å². The molecule has 1 rings (SSSR count). The van der Waals surface area contributed by atoms with Gasteiger partial charge in [-0.25, -0.2) is 0 Å². The predicted octanol–water partition coefficient (Wildman–Crippen LogP) is 3.03. The number of ether oxygens (including phenoxy) is 3. The van der Waals surface area contributed by atoms with E-state index in [1.54, 1.807) is 0 Å². The van der Waals surface area contributed by atoms with Crippen LogP contribution in [-0.4, -0.2) is 25.1 Å². The molecule has 0 fully saturated rings. The van der Waals surface area contributed by atoms with E-state index in [4.69, 9.17) is 25.8 Å². The van der Waals surface area contributed by atoms with Crippen LogP contribution in [0, 0.1) is 0 Å². The van der Waals surface area contributed by atoms with Gasteiger partial charge in [-0.3, -0.25) is 0 Å². The van der Waals surface area contributed by atoms with Crippen molar-refractivity contribution in [1.82, 2.24) is 0 Å². The molecule has 0 spiro atoms. The molecule has 0 N–H and O–H groups in total. The molecule has 0 aromatic heterocycles. The Morgan fingerprint density at radius 2 is 1.62 bits per heavy atom. The van der Waals surface area contributed by atoms with E-state index in [-0.39, 0.29) is 0 Å². The molecule has 1 aromatic rings. The number of alkyl halides is 1. The van der Waals surface area contributed by atoms with Crippen molar-refractivity contribution < 1.29 is 14.2 Å². The van der Waals surface area contributed by atoms with Gasteiger partial charge in [0.05, 0.1) is 0 Å². The molecule has 0 bridgehead atoms. The molecule has 0 amide bonds. The molecule has 16 heavy (non-hydrogen) atoms. The molecule has 0 radical (unpaired) electrons. The van der Waals surface area contributed by atoms with Crippen molar-refractivity contribution in [1.29, 1.82) is 0 Å². The lowest BCUT2D eigenvalue weighted by molar-refractivity contribution is -0.163. The average molecular weight is 245 g/mol. The van der Waals surface area contributed by atoms with Gasteiger partial charge in [0.2, 0.25) is 11.9 Å². The van der Waals surface area contributed by atoms with E-state index >= 15 is 0 Å². The molecule has 1 aromatic carbocycles. The first kappa shape index (κ1) is 13.3. The van der Waals surface area contributed by atoms with Gasteiger partial charge in [0.25, 0.3) is 0 Å². The van der Waals surface area contributed by atoms with Crippen molar-refractivity contribution in [3.05, 3.63) is 30.3 Å². The third-order valence-corrected chi connectivity index (χ3v) is 2.16. The summed E-state index contributed by atoms with van der Waals surface area (Å²) in [5.41, 5.74) is -0.651. The fourth-order valence-corrected chi connectivity index (χ4v) is 1.46. The van der Waals surface area contributed by atoms with Crippen LogP contribution in [0.1, 0.15) is 13.8 Å². The van der Waals surface area contributed by atoms with Crippen LogP contribution in [0.4, 0.5) is 0 Å². The molecule has 0 heterocycles. The summed E-state index contributed by atoms with van der Waals surface area (Å²) in [7, 11) is 0. The summed E-state index contributed by atoms with van der Waals surface area (Å²) in [5, 5.41) is 0. The Bertz CT molecular complexity index is 273. The highest BCUT2D eigenvalue weighted by atomic mass is 35.5. The maximum Gasteiger partial charge on any atom is 0.222 e. The van der Waals surface area contributed by atoms with Gasteiger partial charge in [-0.15, -0.1) is 0 Å². The van der Waals surface area contributed by atoms with Gasteiger partial charge in [-0.05, 0) is 26.0 Å². The Hall–Kier alpha value is -0.770. The third-order valence-electron chi connectivity index (χ3n) is 1.87. The number of rotatable bonds is 7. The highest BCUT2D eigenvalue weighted by molar-refractivity contribution is 6.20. The first-order valence-corrected chi connectivity index (χ1v) is 5.80. The minimum Gasteiger partial charge on any atom is -0.469 e. The van der Waals surface area contributed by atoms with Crippen molar-refractivity contribution in [3.8, 4) is 5.75 Å². The highest BCUT2D eigenvalue weighted by Gasteiger charge is 2.21. The minimum absolute atomic E-state index is 0.534. The van der Waals surface area contributed by atoms with Crippen molar-refractivity contribution in [2.75, 3.05) is 13.2 Å². The SMILES string of the molecule is CCOC(OCC)C(Cl)Oc1ccccc1. The molecule has 0 aliphatic carbocycles. The molecule has 1 unspecified atom stereocenters. The van der Waals surface area contributed by atoms with Gasteiger partial charge in [0, 0.05) is 13.2 Å². The monoisotopic (exact) mass is 244 g/mol. The van der Waals surface area contributed by atoms with Crippen LogP contribution in [-0.2, 0) is 9.47 Å². The number of para-hydroxylation sites is 1. The van der Waals surface area contributed by atoms with E-state index in [1.807, 2.05) is 44.2 Å². The summed E-state index contributed by atoms with van der Waals surface area (Å²) in [6.45, 7) is 4.84. The van der Waals surface area contributed by atoms with E-state index in [1.165, 1.54) is 0 Å². The van der Waals surface area contributed by atoms with Crippen LogP contribution in [0.2, 0.25) is 0 Å². The Morgan fingerprint density at radius 1 is 1.06 bits per heavy atom. The highest BCUT2D eigenvalue weighted by Crippen LogP contribution is 2.17. The lowest BCUT2D eigenvalue weighted by Crippen LogP contribution is -2.32. The zero-order valence-corrected chi connectivity index (χ0v) is 10.3. The Labute approximate surface area is 101 Å². The van der Waals surface area contributed by atoms with Gasteiger partial charge < -0.3 is 14.2 Å². The Morgan fingerprint density at radius 3 is 2.12 bits per heavy atom. The van der Waals surface area contributed by atoms with Crippen LogP contribution in [0.25, 0.3) is 0 Å². The van der Waals surface area contributed by atoms with Crippen molar-refractivity contribution >= 4 is 11.6 Å². The molecule has 90 valence electrons.